The molecule has 0 heterocycles. The summed E-state index contributed by atoms with van der Waals surface area (Å²) in [6.45, 7) is 7.06. The van der Waals surface area contributed by atoms with Crippen LogP contribution in [0.2, 0.25) is 5.02 Å². The summed E-state index contributed by atoms with van der Waals surface area (Å²) in [5, 5.41) is 3.99. The lowest BCUT2D eigenvalue weighted by atomic mass is 10.2. The number of hydrogen-bond acceptors (Lipinski definition) is 4. The van der Waals surface area contributed by atoms with Gasteiger partial charge in [0, 0.05) is 23.3 Å². The first kappa shape index (κ1) is 18.3. The number of methoxy groups -OCH3 is 1. The van der Waals surface area contributed by atoms with Crippen molar-refractivity contribution in [3.63, 3.8) is 0 Å². The van der Waals surface area contributed by atoms with Gasteiger partial charge in [0.25, 0.3) is 0 Å². The highest BCUT2D eigenvalue weighted by molar-refractivity contribution is 6.31. The molecule has 0 aliphatic carbocycles. The number of benzene rings is 2. The van der Waals surface area contributed by atoms with Gasteiger partial charge in [-0.3, -0.25) is 0 Å². The highest BCUT2D eigenvalue weighted by Crippen LogP contribution is 2.34. The van der Waals surface area contributed by atoms with Crippen molar-refractivity contribution in [2.24, 2.45) is 0 Å². The summed E-state index contributed by atoms with van der Waals surface area (Å²) in [6, 6.07) is 11.5. The lowest BCUT2D eigenvalue weighted by Crippen LogP contribution is -2.08. The first-order chi connectivity index (χ1) is 11.5. The highest BCUT2D eigenvalue weighted by Gasteiger charge is 2.12. The van der Waals surface area contributed by atoms with Gasteiger partial charge in [0.2, 0.25) is 0 Å². The van der Waals surface area contributed by atoms with Crippen LogP contribution in [-0.2, 0) is 6.54 Å². The quantitative estimate of drug-likeness (QED) is 0.715. The minimum absolute atomic E-state index is 0.0588. The lowest BCUT2D eigenvalue weighted by Gasteiger charge is -2.17. The van der Waals surface area contributed by atoms with E-state index in [1.807, 2.05) is 57.2 Å². The second-order valence-electron chi connectivity index (χ2n) is 5.57. The third kappa shape index (κ3) is 4.96. The molecule has 0 spiro atoms. The van der Waals surface area contributed by atoms with Gasteiger partial charge in [-0.15, -0.1) is 0 Å². The van der Waals surface area contributed by atoms with Gasteiger partial charge in [-0.05, 0) is 56.7 Å². The van der Waals surface area contributed by atoms with E-state index >= 15 is 0 Å². The number of rotatable bonds is 8. The van der Waals surface area contributed by atoms with E-state index in [4.69, 9.17) is 25.8 Å². The van der Waals surface area contributed by atoms with Crippen molar-refractivity contribution in [1.29, 1.82) is 0 Å². The smallest absolute Gasteiger partial charge is 0.163 e. The molecule has 0 saturated carbocycles. The minimum Gasteiger partial charge on any atom is -0.497 e. The molecule has 0 amide bonds. The molecule has 2 aromatic rings. The summed E-state index contributed by atoms with van der Waals surface area (Å²) >= 11 is 6.40. The van der Waals surface area contributed by atoms with Crippen LogP contribution in [0.4, 0.5) is 5.69 Å². The fraction of sp³-hybridized carbons (Fsp3) is 0.368. The Morgan fingerprint density at radius 3 is 2.38 bits per heavy atom. The molecular weight excluding hydrogens is 326 g/mol. The van der Waals surface area contributed by atoms with E-state index in [1.54, 1.807) is 7.11 Å². The van der Waals surface area contributed by atoms with Crippen molar-refractivity contribution in [2.45, 2.75) is 33.4 Å². The van der Waals surface area contributed by atoms with Crippen molar-refractivity contribution in [2.75, 3.05) is 19.0 Å². The average molecular weight is 350 g/mol. The zero-order chi connectivity index (χ0) is 17.5. The Bertz CT molecular complexity index is 656. The molecule has 24 heavy (non-hydrogen) atoms. The lowest BCUT2D eigenvalue weighted by molar-refractivity contribution is 0.224. The standard InChI is InChI=1S/C19H24ClNO3/c1-5-23-18-10-14(17(20)11-19(18)24-13(2)3)12-21-15-6-8-16(22-4)9-7-15/h6-11,13,21H,5,12H2,1-4H3. The van der Waals surface area contributed by atoms with Gasteiger partial charge in [0.05, 0.1) is 19.8 Å². The van der Waals surface area contributed by atoms with Crippen molar-refractivity contribution < 1.29 is 14.2 Å². The third-order valence-electron chi connectivity index (χ3n) is 3.35. The second kappa shape index (κ2) is 8.69. The molecule has 0 aliphatic heterocycles. The van der Waals surface area contributed by atoms with Gasteiger partial charge >= 0.3 is 0 Å². The number of ether oxygens (including phenoxy) is 3. The van der Waals surface area contributed by atoms with Gasteiger partial charge < -0.3 is 19.5 Å². The van der Waals surface area contributed by atoms with E-state index in [0.717, 1.165) is 17.0 Å². The normalized spacial score (nSPS) is 10.6. The molecule has 1 N–H and O–H groups in total. The van der Waals surface area contributed by atoms with Crippen molar-refractivity contribution >= 4 is 17.3 Å². The van der Waals surface area contributed by atoms with E-state index < -0.39 is 0 Å². The van der Waals surface area contributed by atoms with Crippen LogP contribution in [0, 0.1) is 0 Å². The van der Waals surface area contributed by atoms with Gasteiger partial charge in [-0.1, -0.05) is 11.6 Å². The van der Waals surface area contributed by atoms with Crippen LogP contribution in [-0.4, -0.2) is 19.8 Å². The zero-order valence-corrected chi connectivity index (χ0v) is 15.3. The largest absolute Gasteiger partial charge is 0.497 e. The zero-order valence-electron chi connectivity index (χ0n) is 14.6. The maximum absolute atomic E-state index is 6.40. The summed E-state index contributed by atoms with van der Waals surface area (Å²) < 4.78 is 16.6. The average Bonchev–Trinajstić information content (AvgIpc) is 2.56. The molecule has 0 bridgehead atoms. The maximum Gasteiger partial charge on any atom is 0.163 e. The summed E-state index contributed by atoms with van der Waals surface area (Å²) in [4.78, 5) is 0. The van der Waals surface area contributed by atoms with Crippen LogP contribution in [0.1, 0.15) is 26.3 Å². The maximum atomic E-state index is 6.40. The Labute approximate surface area is 148 Å². The van der Waals surface area contributed by atoms with Gasteiger partial charge in [-0.2, -0.15) is 0 Å². The van der Waals surface area contributed by atoms with Gasteiger partial charge in [0.1, 0.15) is 5.75 Å². The van der Waals surface area contributed by atoms with Gasteiger partial charge in [0.15, 0.2) is 11.5 Å². The van der Waals surface area contributed by atoms with E-state index in [0.29, 0.717) is 29.7 Å². The van der Waals surface area contributed by atoms with Crippen LogP contribution in [0.5, 0.6) is 17.2 Å². The molecule has 0 atom stereocenters. The summed E-state index contributed by atoms with van der Waals surface area (Å²) in [7, 11) is 1.65. The van der Waals surface area contributed by atoms with Crippen molar-refractivity contribution in [1.82, 2.24) is 0 Å². The first-order valence-corrected chi connectivity index (χ1v) is 8.41. The van der Waals surface area contributed by atoms with Crippen LogP contribution < -0.4 is 19.5 Å². The number of nitrogens with one attached hydrogen (secondary N) is 1. The molecule has 2 rings (SSSR count). The molecule has 4 nitrogen and oxygen atoms in total. The number of halogens is 1. The Hall–Kier alpha value is -2.07. The Morgan fingerprint density at radius 1 is 1.08 bits per heavy atom. The van der Waals surface area contributed by atoms with E-state index in [9.17, 15) is 0 Å². The van der Waals surface area contributed by atoms with Crippen molar-refractivity contribution in [3.05, 3.63) is 47.0 Å². The molecule has 0 fully saturated rings. The fourth-order valence-electron chi connectivity index (χ4n) is 2.23. The van der Waals surface area contributed by atoms with Crippen LogP contribution in [0.25, 0.3) is 0 Å². The SMILES string of the molecule is CCOc1cc(CNc2ccc(OC)cc2)c(Cl)cc1OC(C)C. The van der Waals surface area contributed by atoms with E-state index in [1.165, 1.54) is 0 Å². The highest BCUT2D eigenvalue weighted by atomic mass is 35.5. The molecule has 2 aromatic carbocycles. The monoisotopic (exact) mass is 349 g/mol. The topological polar surface area (TPSA) is 39.7 Å². The van der Waals surface area contributed by atoms with Crippen molar-refractivity contribution in [3.8, 4) is 17.2 Å². The van der Waals surface area contributed by atoms with E-state index in [2.05, 4.69) is 5.32 Å². The molecule has 130 valence electrons. The Balaban J connectivity index is 2.14. The summed E-state index contributed by atoms with van der Waals surface area (Å²) in [6.07, 6.45) is 0.0588. The molecule has 0 radical (unpaired) electrons. The molecule has 0 unspecified atom stereocenters. The molecule has 5 heteroatoms. The molecule has 0 saturated heterocycles. The Kier molecular flexibility index (Phi) is 6.62. The third-order valence-corrected chi connectivity index (χ3v) is 3.70. The molecular formula is C19H24ClNO3. The molecule has 0 aromatic heterocycles. The fourth-order valence-corrected chi connectivity index (χ4v) is 2.45. The Morgan fingerprint density at radius 2 is 1.79 bits per heavy atom. The predicted octanol–water partition coefficient (Wildman–Crippen LogP) is 5.15. The van der Waals surface area contributed by atoms with Crippen LogP contribution in [0.15, 0.2) is 36.4 Å². The number of hydrogen-bond donors (Lipinski definition) is 1. The minimum atomic E-state index is 0.0588. The second-order valence-corrected chi connectivity index (χ2v) is 5.98. The van der Waals surface area contributed by atoms with E-state index in [-0.39, 0.29) is 6.10 Å². The van der Waals surface area contributed by atoms with Crippen LogP contribution >= 0.6 is 11.6 Å². The number of anilines is 1. The predicted molar refractivity (Wildman–Crippen MR) is 98.7 cm³/mol. The first-order valence-electron chi connectivity index (χ1n) is 8.03. The van der Waals surface area contributed by atoms with Crippen LogP contribution in [0.3, 0.4) is 0 Å². The summed E-state index contributed by atoms with van der Waals surface area (Å²) in [5.41, 5.74) is 1.94. The summed E-state index contributed by atoms with van der Waals surface area (Å²) in [5.74, 6) is 2.21. The van der Waals surface area contributed by atoms with Gasteiger partial charge in [-0.25, -0.2) is 0 Å². The molecule has 0 aliphatic rings.